The molecule has 0 spiro atoms. The molecule has 2 aromatic rings. The summed E-state index contributed by atoms with van der Waals surface area (Å²) in [4.78, 5) is 17.5. The zero-order chi connectivity index (χ0) is 13.1. The predicted octanol–water partition coefficient (Wildman–Crippen LogP) is 2.43. The quantitative estimate of drug-likeness (QED) is 0.875. The van der Waals surface area contributed by atoms with Crippen molar-refractivity contribution >= 4 is 0 Å². The van der Waals surface area contributed by atoms with Crippen molar-refractivity contribution < 1.29 is 0 Å². The third kappa shape index (κ3) is 2.46. The molecule has 0 aliphatic heterocycles. The van der Waals surface area contributed by atoms with Crippen molar-refractivity contribution in [2.45, 2.75) is 19.8 Å². The first kappa shape index (κ1) is 12.1. The Balaban J connectivity index is 2.46. The van der Waals surface area contributed by atoms with Crippen molar-refractivity contribution in [1.82, 2.24) is 9.97 Å². The van der Waals surface area contributed by atoms with Crippen LogP contribution in [0.1, 0.15) is 31.0 Å². The summed E-state index contributed by atoms with van der Waals surface area (Å²) >= 11 is 0. The molecule has 0 saturated heterocycles. The highest BCUT2D eigenvalue weighted by atomic mass is 16.1. The van der Waals surface area contributed by atoms with E-state index in [1.54, 1.807) is 6.07 Å². The van der Waals surface area contributed by atoms with Gasteiger partial charge in [0.05, 0.1) is 5.69 Å². The van der Waals surface area contributed by atoms with E-state index in [2.05, 4.69) is 23.8 Å². The normalized spacial score (nSPS) is 10.3. The van der Waals surface area contributed by atoms with Gasteiger partial charge in [0, 0.05) is 0 Å². The van der Waals surface area contributed by atoms with Crippen LogP contribution in [0.5, 0.6) is 0 Å². The average Bonchev–Trinajstić information content (AvgIpc) is 2.38. The molecule has 4 heteroatoms. The highest BCUT2D eigenvalue weighted by molar-refractivity contribution is 5.60. The smallest absolute Gasteiger partial charge is 0.305 e. The van der Waals surface area contributed by atoms with Crippen LogP contribution in [0.25, 0.3) is 11.3 Å². The molecule has 0 fully saturated rings. The molecule has 0 unspecified atom stereocenters. The van der Waals surface area contributed by atoms with E-state index in [1.165, 1.54) is 5.56 Å². The van der Waals surface area contributed by atoms with Gasteiger partial charge in [0.1, 0.15) is 11.8 Å². The Labute approximate surface area is 105 Å². The molecular weight excluding hydrogens is 226 g/mol. The zero-order valence-electron chi connectivity index (χ0n) is 10.3. The predicted molar refractivity (Wildman–Crippen MR) is 69.1 cm³/mol. The Bertz CT molecular complexity index is 648. The van der Waals surface area contributed by atoms with Crippen LogP contribution in [0.4, 0.5) is 0 Å². The molecule has 0 aliphatic rings. The van der Waals surface area contributed by atoms with E-state index in [0.717, 1.165) is 5.56 Å². The van der Waals surface area contributed by atoms with E-state index in [0.29, 0.717) is 11.6 Å². The highest BCUT2D eigenvalue weighted by Gasteiger charge is 2.04. The van der Waals surface area contributed by atoms with Crippen LogP contribution in [0.3, 0.4) is 0 Å². The van der Waals surface area contributed by atoms with Crippen molar-refractivity contribution in [2.75, 3.05) is 0 Å². The number of hydrogen-bond acceptors (Lipinski definition) is 3. The summed E-state index contributed by atoms with van der Waals surface area (Å²) < 4.78 is 0. The summed E-state index contributed by atoms with van der Waals surface area (Å²) in [5.74, 6) is 0.463. The lowest BCUT2D eigenvalue weighted by atomic mass is 10.0. The fourth-order valence-electron chi connectivity index (χ4n) is 1.72. The van der Waals surface area contributed by atoms with Crippen LogP contribution in [0.2, 0.25) is 0 Å². The molecule has 0 saturated carbocycles. The van der Waals surface area contributed by atoms with Gasteiger partial charge in [-0.3, -0.25) is 0 Å². The Morgan fingerprint density at radius 2 is 1.94 bits per heavy atom. The molecule has 1 heterocycles. The zero-order valence-corrected chi connectivity index (χ0v) is 10.3. The second-order valence-electron chi connectivity index (χ2n) is 4.37. The number of rotatable bonds is 2. The Kier molecular flexibility index (Phi) is 3.24. The molecule has 0 radical (unpaired) electrons. The highest BCUT2D eigenvalue weighted by Crippen LogP contribution is 2.20. The van der Waals surface area contributed by atoms with E-state index in [9.17, 15) is 4.79 Å². The lowest BCUT2D eigenvalue weighted by Crippen LogP contribution is -2.12. The van der Waals surface area contributed by atoms with Gasteiger partial charge in [-0.2, -0.15) is 10.2 Å². The van der Waals surface area contributed by atoms with Gasteiger partial charge in [-0.1, -0.05) is 38.1 Å². The maximum atomic E-state index is 11.3. The van der Waals surface area contributed by atoms with Gasteiger partial charge in [-0.25, -0.2) is 4.79 Å². The Morgan fingerprint density at radius 1 is 1.28 bits per heavy atom. The minimum absolute atomic E-state index is 0.127. The van der Waals surface area contributed by atoms with Gasteiger partial charge in [0.2, 0.25) is 0 Å². The van der Waals surface area contributed by atoms with Gasteiger partial charge in [-0.15, -0.1) is 0 Å². The number of hydrogen-bond donors (Lipinski definition) is 1. The van der Waals surface area contributed by atoms with Gasteiger partial charge < -0.3 is 4.98 Å². The molecule has 2 rings (SSSR count). The lowest BCUT2D eigenvalue weighted by Gasteiger charge is -2.06. The molecule has 0 atom stereocenters. The largest absolute Gasteiger partial charge is 0.346 e. The summed E-state index contributed by atoms with van der Waals surface area (Å²) in [6.07, 6.45) is 0. The SMILES string of the molecule is CC(C)c1ccc(-c2cc(C#N)nc(=O)[nH]2)cc1. The fourth-order valence-corrected chi connectivity index (χ4v) is 1.72. The van der Waals surface area contributed by atoms with Crippen molar-refractivity contribution in [3.63, 3.8) is 0 Å². The van der Waals surface area contributed by atoms with Crippen molar-refractivity contribution in [3.8, 4) is 17.3 Å². The van der Waals surface area contributed by atoms with Gasteiger partial charge in [-0.05, 0) is 23.1 Å². The van der Waals surface area contributed by atoms with Gasteiger partial charge in [0.15, 0.2) is 0 Å². The van der Waals surface area contributed by atoms with Crippen molar-refractivity contribution in [2.24, 2.45) is 0 Å². The number of H-pyrrole nitrogens is 1. The molecule has 4 nitrogen and oxygen atoms in total. The maximum Gasteiger partial charge on any atom is 0.346 e. The monoisotopic (exact) mass is 239 g/mol. The minimum Gasteiger partial charge on any atom is -0.305 e. The number of aromatic amines is 1. The van der Waals surface area contributed by atoms with Crippen LogP contribution in [0, 0.1) is 11.3 Å². The number of aromatic nitrogens is 2. The second-order valence-corrected chi connectivity index (χ2v) is 4.37. The third-order valence-electron chi connectivity index (χ3n) is 2.75. The average molecular weight is 239 g/mol. The van der Waals surface area contributed by atoms with Crippen LogP contribution < -0.4 is 5.69 Å². The Hall–Kier alpha value is -2.41. The first-order valence-electron chi connectivity index (χ1n) is 5.72. The number of benzene rings is 1. The van der Waals surface area contributed by atoms with Crippen molar-refractivity contribution in [3.05, 3.63) is 52.1 Å². The molecule has 90 valence electrons. The van der Waals surface area contributed by atoms with E-state index in [-0.39, 0.29) is 5.69 Å². The summed E-state index contributed by atoms with van der Waals surface area (Å²) in [6, 6.07) is 11.4. The third-order valence-corrected chi connectivity index (χ3v) is 2.75. The molecule has 0 amide bonds. The summed E-state index contributed by atoms with van der Waals surface area (Å²) in [5, 5.41) is 8.79. The Morgan fingerprint density at radius 3 is 2.50 bits per heavy atom. The molecule has 1 N–H and O–H groups in total. The molecule has 0 bridgehead atoms. The lowest BCUT2D eigenvalue weighted by molar-refractivity contribution is 0.867. The van der Waals surface area contributed by atoms with Crippen LogP contribution in [-0.4, -0.2) is 9.97 Å². The summed E-state index contributed by atoms with van der Waals surface area (Å²) in [5.41, 5.74) is 2.34. The molecular formula is C14H13N3O. The van der Waals surface area contributed by atoms with E-state index in [4.69, 9.17) is 5.26 Å². The van der Waals surface area contributed by atoms with Crippen LogP contribution >= 0.6 is 0 Å². The minimum atomic E-state index is -0.503. The number of nitriles is 1. The topological polar surface area (TPSA) is 69.5 Å². The summed E-state index contributed by atoms with van der Waals surface area (Å²) in [7, 11) is 0. The van der Waals surface area contributed by atoms with Crippen LogP contribution in [0.15, 0.2) is 35.1 Å². The summed E-state index contributed by atoms with van der Waals surface area (Å²) in [6.45, 7) is 4.24. The number of nitrogens with one attached hydrogen (secondary N) is 1. The van der Waals surface area contributed by atoms with Crippen molar-refractivity contribution in [1.29, 1.82) is 5.26 Å². The maximum absolute atomic E-state index is 11.3. The molecule has 18 heavy (non-hydrogen) atoms. The van der Waals surface area contributed by atoms with Crippen LogP contribution in [-0.2, 0) is 0 Å². The second kappa shape index (κ2) is 4.84. The molecule has 0 aliphatic carbocycles. The molecule has 1 aromatic heterocycles. The van der Waals surface area contributed by atoms with E-state index >= 15 is 0 Å². The van der Waals surface area contributed by atoms with E-state index in [1.807, 2.05) is 30.3 Å². The van der Waals surface area contributed by atoms with E-state index < -0.39 is 5.69 Å². The van der Waals surface area contributed by atoms with Gasteiger partial charge in [0.25, 0.3) is 0 Å². The first-order valence-corrected chi connectivity index (χ1v) is 5.72. The molecule has 1 aromatic carbocycles. The van der Waals surface area contributed by atoms with Gasteiger partial charge >= 0.3 is 5.69 Å². The fraction of sp³-hybridized carbons (Fsp3) is 0.214. The first-order chi connectivity index (χ1) is 8.60. The number of nitrogens with zero attached hydrogens (tertiary/aromatic N) is 2. The standard InChI is InChI=1S/C14H13N3O/c1-9(2)10-3-5-11(6-4-10)13-7-12(8-15)16-14(18)17-13/h3-7,9H,1-2H3,(H,16,17,18).